The van der Waals surface area contributed by atoms with Crippen molar-refractivity contribution in [2.45, 2.75) is 18.5 Å². The molecule has 1 aromatic rings. The first-order chi connectivity index (χ1) is 8.55. The van der Waals surface area contributed by atoms with Crippen LogP contribution < -0.4 is 10.5 Å². The Bertz CT molecular complexity index is 450. The maximum Gasteiger partial charge on any atom is 0.325 e. The average molecular weight is 250 g/mol. The summed E-state index contributed by atoms with van der Waals surface area (Å²) in [6.45, 7) is 1.73. The molecular formula is C13H18N2O3. The monoisotopic (exact) mass is 250 g/mol. The van der Waals surface area contributed by atoms with E-state index in [1.165, 1.54) is 0 Å². The molecule has 0 aromatic heterocycles. The molecule has 5 nitrogen and oxygen atoms in total. The third-order valence-corrected chi connectivity index (χ3v) is 3.39. The van der Waals surface area contributed by atoms with E-state index in [4.69, 9.17) is 15.6 Å². The van der Waals surface area contributed by atoms with Crippen molar-refractivity contribution in [3.63, 3.8) is 0 Å². The standard InChI is InChI=1S/C13H18N2O3/c1-18-11-5-3-2-4-10(11)8-15-7-6-13(14,9-15)12(16)17/h2-5H,6-9,14H2,1H3,(H,16,17). The highest BCUT2D eigenvalue weighted by atomic mass is 16.5. The van der Waals surface area contributed by atoms with Gasteiger partial charge in [0.1, 0.15) is 11.3 Å². The van der Waals surface area contributed by atoms with E-state index in [9.17, 15) is 4.79 Å². The van der Waals surface area contributed by atoms with Gasteiger partial charge in [-0.3, -0.25) is 9.69 Å². The quantitative estimate of drug-likeness (QED) is 0.822. The zero-order valence-corrected chi connectivity index (χ0v) is 10.4. The molecule has 1 unspecified atom stereocenters. The smallest absolute Gasteiger partial charge is 0.325 e. The lowest BCUT2D eigenvalue weighted by Gasteiger charge is -2.20. The van der Waals surface area contributed by atoms with Crippen LogP contribution in [-0.2, 0) is 11.3 Å². The van der Waals surface area contributed by atoms with Crippen molar-refractivity contribution in [3.05, 3.63) is 29.8 Å². The van der Waals surface area contributed by atoms with E-state index in [0.29, 0.717) is 26.1 Å². The maximum atomic E-state index is 11.1. The van der Waals surface area contributed by atoms with Gasteiger partial charge in [-0.25, -0.2) is 0 Å². The highest BCUT2D eigenvalue weighted by molar-refractivity contribution is 5.79. The van der Waals surface area contributed by atoms with E-state index in [0.717, 1.165) is 11.3 Å². The topological polar surface area (TPSA) is 75.8 Å². The molecule has 1 saturated heterocycles. The number of nitrogens with zero attached hydrogens (tertiary/aromatic N) is 1. The fourth-order valence-corrected chi connectivity index (χ4v) is 2.30. The number of carboxylic acids is 1. The number of hydrogen-bond donors (Lipinski definition) is 2. The van der Waals surface area contributed by atoms with E-state index in [-0.39, 0.29) is 0 Å². The lowest BCUT2D eigenvalue weighted by Crippen LogP contribution is -2.50. The SMILES string of the molecule is COc1ccccc1CN1CCC(N)(C(=O)O)C1. The minimum atomic E-state index is -1.11. The third-order valence-electron chi connectivity index (χ3n) is 3.39. The van der Waals surface area contributed by atoms with Gasteiger partial charge >= 0.3 is 5.97 Å². The molecule has 0 aliphatic carbocycles. The lowest BCUT2D eigenvalue weighted by atomic mass is 10.0. The van der Waals surface area contributed by atoms with E-state index in [1.54, 1.807) is 7.11 Å². The van der Waals surface area contributed by atoms with E-state index >= 15 is 0 Å². The number of carboxylic acid groups (broad SMARTS) is 1. The molecule has 5 heteroatoms. The summed E-state index contributed by atoms with van der Waals surface area (Å²) >= 11 is 0. The van der Waals surface area contributed by atoms with Crippen molar-refractivity contribution < 1.29 is 14.6 Å². The first-order valence-electron chi connectivity index (χ1n) is 5.92. The van der Waals surface area contributed by atoms with Gasteiger partial charge in [-0.15, -0.1) is 0 Å². The van der Waals surface area contributed by atoms with Crippen molar-refractivity contribution in [1.82, 2.24) is 4.90 Å². The van der Waals surface area contributed by atoms with Crippen molar-refractivity contribution >= 4 is 5.97 Å². The molecule has 18 heavy (non-hydrogen) atoms. The normalized spacial score (nSPS) is 24.1. The number of aliphatic carboxylic acids is 1. The van der Waals surface area contributed by atoms with Crippen LogP contribution in [0.15, 0.2) is 24.3 Å². The van der Waals surface area contributed by atoms with Crippen LogP contribution in [0.5, 0.6) is 5.75 Å². The molecule has 3 N–H and O–H groups in total. The molecule has 1 aromatic carbocycles. The number of likely N-dealkylation sites (tertiary alicyclic amines) is 1. The van der Waals surface area contributed by atoms with Crippen LogP contribution in [0.1, 0.15) is 12.0 Å². The van der Waals surface area contributed by atoms with E-state index in [2.05, 4.69) is 0 Å². The van der Waals surface area contributed by atoms with Crippen molar-refractivity contribution in [1.29, 1.82) is 0 Å². The molecule has 2 rings (SSSR count). The van der Waals surface area contributed by atoms with E-state index in [1.807, 2.05) is 29.2 Å². The predicted octanol–water partition coefficient (Wildman–Crippen LogP) is 0.683. The van der Waals surface area contributed by atoms with Crippen molar-refractivity contribution in [3.8, 4) is 5.75 Å². The Morgan fingerprint density at radius 3 is 2.89 bits per heavy atom. The summed E-state index contributed by atoms with van der Waals surface area (Å²) < 4.78 is 5.28. The molecule has 0 amide bonds. The van der Waals surface area contributed by atoms with Crippen molar-refractivity contribution in [2.24, 2.45) is 5.73 Å². The molecule has 1 heterocycles. The molecule has 0 saturated carbocycles. The largest absolute Gasteiger partial charge is 0.496 e. The average Bonchev–Trinajstić information content (AvgIpc) is 2.73. The fraction of sp³-hybridized carbons (Fsp3) is 0.462. The Labute approximate surface area is 106 Å². The molecule has 0 radical (unpaired) electrons. The second-order valence-electron chi connectivity index (χ2n) is 4.73. The molecule has 98 valence electrons. The minimum Gasteiger partial charge on any atom is -0.496 e. The summed E-state index contributed by atoms with van der Waals surface area (Å²) in [5.74, 6) is -0.104. The highest BCUT2D eigenvalue weighted by Gasteiger charge is 2.41. The summed E-state index contributed by atoms with van der Waals surface area (Å²) in [5.41, 5.74) is 5.79. The Morgan fingerprint density at radius 2 is 2.28 bits per heavy atom. The van der Waals surface area contributed by atoms with Crippen LogP contribution in [0.3, 0.4) is 0 Å². The van der Waals surface area contributed by atoms with Gasteiger partial charge in [0.15, 0.2) is 0 Å². The van der Waals surface area contributed by atoms with Gasteiger partial charge in [-0.1, -0.05) is 18.2 Å². The highest BCUT2D eigenvalue weighted by Crippen LogP contribution is 2.24. The zero-order valence-electron chi connectivity index (χ0n) is 10.4. The Kier molecular flexibility index (Phi) is 3.54. The minimum absolute atomic E-state index is 0.375. The number of rotatable bonds is 4. The number of methoxy groups -OCH3 is 1. The first kappa shape index (κ1) is 12.9. The van der Waals surface area contributed by atoms with Gasteiger partial charge < -0.3 is 15.6 Å². The van der Waals surface area contributed by atoms with Gasteiger partial charge in [0.25, 0.3) is 0 Å². The van der Waals surface area contributed by atoms with Gasteiger partial charge in [0, 0.05) is 25.2 Å². The van der Waals surface area contributed by atoms with Crippen LogP contribution in [0.25, 0.3) is 0 Å². The number of nitrogens with two attached hydrogens (primary N) is 1. The second kappa shape index (κ2) is 4.96. The summed E-state index contributed by atoms with van der Waals surface area (Å²) in [4.78, 5) is 13.1. The van der Waals surface area contributed by atoms with Gasteiger partial charge in [-0.05, 0) is 12.5 Å². The summed E-state index contributed by atoms with van der Waals surface area (Å²) in [5, 5.41) is 9.08. The summed E-state index contributed by atoms with van der Waals surface area (Å²) in [6, 6.07) is 7.74. The molecule has 1 aliphatic rings. The Morgan fingerprint density at radius 1 is 1.56 bits per heavy atom. The van der Waals surface area contributed by atoms with Crippen LogP contribution in [0, 0.1) is 0 Å². The van der Waals surface area contributed by atoms with Crippen LogP contribution in [-0.4, -0.2) is 41.7 Å². The van der Waals surface area contributed by atoms with Crippen LogP contribution in [0.2, 0.25) is 0 Å². The number of carbonyl (C=O) groups is 1. The van der Waals surface area contributed by atoms with Crippen molar-refractivity contribution in [2.75, 3.05) is 20.2 Å². The second-order valence-corrected chi connectivity index (χ2v) is 4.73. The molecule has 0 bridgehead atoms. The van der Waals surface area contributed by atoms with E-state index < -0.39 is 11.5 Å². The summed E-state index contributed by atoms with van der Waals surface area (Å²) in [7, 11) is 1.63. The molecule has 1 fully saturated rings. The molecule has 0 spiro atoms. The molecule has 1 atom stereocenters. The molecule has 1 aliphatic heterocycles. The number of ether oxygens (including phenoxy) is 1. The third kappa shape index (κ3) is 2.47. The summed E-state index contributed by atoms with van der Waals surface area (Å²) in [6.07, 6.45) is 0.484. The van der Waals surface area contributed by atoms with Crippen LogP contribution in [0.4, 0.5) is 0 Å². The number of hydrogen-bond acceptors (Lipinski definition) is 4. The Hall–Kier alpha value is -1.59. The van der Waals surface area contributed by atoms with Gasteiger partial charge in [0.05, 0.1) is 7.11 Å². The number of para-hydroxylation sites is 1. The predicted molar refractivity (Wildman–Crippen MR) is 67.4 cm³/mol. The van der Waals surface area contributed by atoms with Crippen LogP contribution >= 0.6 is 0 Å². The zero-order chi connectivity index (χ0) is 13.2. The maximum absolute atomic E-state index is 11.1. The Balaban J connectivity index is 2.06. The fourth-order valence-electron chi connectivity index (χ4n) is 2.30. The molecular weight excluding hydrogens is 232 g/mol. The lowest BCUT2D eigenvalue weighted by molar-refractivity contribution is -0.142. The van der Waals surface area contributed by atoms with Gasteiger partial charge in [-0.2, -0.15) is 0 Å². The first-order valence-corrected chi connectivity index (χ1v) is 5.92. The number of benzene rings is 1. The van der Waals surface area contributed by atoms with Gasteiger partial charge in [0.2, 0.25) is 0 Å².